The van der Waals surface area contributed by atoms with Gasteiger partial charge in [0.1, 0.15) is 5.76 Å². The number of aryl methyl sites for hydroxylation is 1. The monoisotopic (exact) mass is 367 g/mol. The lowest BCUT2D eigenvalue weighted by molar-refractivity contribution is -0.119. The minimum Gasteiger partial charge on any atom is -0.360 e. The van der Waals surface area contributed by atoms with E-state index in [1.807, 2.05) is 25.1 Å². The number of amides is 2. The average molecular weight is 368 g/mol. The average Bonchev–Trinajstić information content (AvgIpc) is 2.92. The first-order valence-corrected chi connectivity index (χ1v) is 8.83. The number of carbonyl (C=O) groups is 2. The highest BCUT2D eigenvalue weighted by Crippen LogP contribution is 2.17. The van der Waals surface area contributed by atoms with Crippen molar-refractivity contribution < 1.29 is 14.1 Å². The molecule has 2 amide bonds. The normalized spacial score (nSPS) is 11.8. The molecule has 0 aliphatic rings. The molecule has 6 nitrogen and oxygen atoms in total. The maximum atomic E-state index is 11.9. The molecule has 0 fully saturated rings. The largest absolute Gasteiger partial charge is 0.360 e. The predicted octanol–water partition coefficient (Wildman–Crippen LogP) is 3.19. The van der Waals surface area contributed by atoms with Crippen LogP contribution >= 0.6 is 23.4 Å². The van der Waals surface area contributed by atoms with Crippen molar-refractivity contribution in [3.05, 3.63) is 46.7 Å². The second-order valence-electron chi connectivity index (χ2n) is 5.21. The van der Waals surface area contributed by atoms with Crippen LogP contribution in [0.1, 0.15) is 24.3 Å². The Morgan fingerprint density at radius 1 is 1.29 bits per heavy atom. The summed E-state index contributed by atoms with van der Waals surface area (Å²) in [7, 11) is 0. The Morgan fingerprint density at radius 3 is 2.71 bits per heavy atom. The lowest BCUT2D eigenvalue weighted by Crippen LogP contribution is -2.28. The van der Waals surface area contributed by atoms with Gasteiger partial charge in [0.2, 0.25) is 11.8 Å². The maximum absolute atomic E-state index is 11.9. The van der Waals surface area contributed by atoms with Gasteiger partial charge in [0.15, 0.2) is 5.82 Å². The van der Waals surface area contributed by atoms with Crippen LogP contribution in [-0.2, 0) is 9.59 Å². The molecule has 2 N–H and O–H groups in total. The molecule has 128 valence electrons. The maximum Gasteiger partial charge on any atom is 0.235 e. The molecule has 1 heterocycles. The molecule has 0 bridgehead atoms. The zero-order valence-corrected chi connectivity index (χ0v) is 14.9. The summed E-state index contributed by atoms with van der Waals surface area (Å²) in [6, 6.07) is 8.81. The molecule has 0 aliphatic carbocycles. The van der Waals surface area contributed by atoms with Crippen molar-refractivity contribution in [2.75, 3.05) is 16.8 Å². The first-order valence-electron chi connectivity index (χ1n) is 7.30. The molecule has 1 aromatic heterocycles. The molecule has 0 unspecified atom stereocenters. The highest BCUT2D eigenvalue weighted by molar-refractivity contribution is 8.00. The Kier molecular flexibility index (Phi) is 6.69. The molecular formula is C16H18ClN3O3S. The van der Waals surface area contributed by atoms with Crippen molar-refractivity contribution >= 4 is 41.0 Å². The van der Waals surface area contributed by atoms with Crippen LogP contribution in [0.4, 0.5) is 5.82 Å². The fourth-order valence-electron chi connectivity index (χ4n) is 1.98. The fourth-order valence-corrected chi connectivity index (χ4v) is 2.81. The number of aromatic nitrogens is 1. The third-order valence-corrected chi connectivity index (χ3v) is 4.26. The van der Waals surface area contributed by atoms with Gasteiger partial charge in [-0.1, -0.05) is 28.9 Å². The highest BCUT2D eigenvalue weighted by Gasteiger charge is 2.11. The van der Waals surface area contributed by atoms with E-state index >= 15 is 0 Å². The SMILES string of the molecule is Cc1cc(NC(=O)CSCC(=O)N[C@H](C)c2cccc(Cl)c2)no1. The number of hydrogen-bond acceptors (Lipinski definition) is 5. The van der Waals surface area contributed by atoms with Crippen LogP contribution in [0.15, 0.2) is 34.9 Å². The van der Waals surface area contributed by atoms with Crippen LogP contribution in [0, 0.1) is 6.92 Å². The van der Waals surface area contributed by atoms with Crippen LogP contribution < -0.4 is 10.6 Å². The standard InChI is InChI=1S/C16H18ClN3O3S/c1-10-6-14(20-23-10)19-16(22)9-24-8-15(21)18-11(2)12-4-3-5-13(17)7-12/h3-7,11H,8-9H2,1-2H3,(H,18,21)(H,19,20,22)/t11-/m1/s1. The Balaban J connectivity index is 1.70. The first kappa shape index (κ1) is 18.4. The Hall–Kier alpha value is -1.99. The number of nitrogens with one attached hydrogen (secondary N) is 2. The summed E-state index contributed by atoms with van der Waals surface area (Å²) >= 11 is 7.17. The van der Waals surface area contributed by atoms with E-state index in [0.29, 0.717) is 16.6 Å². The molecule has 0 radical (unpaired) electrons. The van der Waals surface area contributed by atoms with Crippen LogP contribution in [0.5, 0.6) is 0 Å². The number of carbonyl (C=O) groups excluding carboxylic acids is 2. The molecular weight excluding hydrogens is 350 g/mol. The summed E-state index contributed by atoms with van der Waals surface area (Å²) in [5.41, 5.74) is 0.931. The molecule has 1 aromatic carbocycles. The van der Waals surface area contributed by atoms with Crippen molar-refractivity contribution in [2.24, 2.45) is 0 Å². The van der Waals surface area contributed by atoms with Crippen LogP contribution in [0.25, 0.3) is 0 Å². The number of hydrogen-bond donors (Lipinski definition) is 2. The Labute approximate surface area is 149 Å². The smallest absolute Gasteiger partial charge is 0.235 e. The lowest BCUT2D eigenvalue weighted by atomic mass is 10.1. The van der Waals surface area contributed by atoms with E-state index in [4.69, 9.17) is 16.1 Å². The quantitative estimate of drug-likeness (QED) is 0.785. The van der Waals surface area contributed by atoms with Crippen molar-refractivity contribution in [3.8, 4) is 0 Å². The Morgan fingerprint density at radius 2 is 2.04 bits per heavy atom. The van der Waals surface area contributed by atoms with E-state index in [0.717, 1.165) is 5.56 Å². The molecule has 8 heteroatoms. The van der Waals surface area contributed by atoms with Crippen molar-refractivity contribution in [2.45, 2.75) is 19.9 Å². The van der Waals surface area contributed by atoms with Gasteiger partial charge in [0, 0.05) is 11.1 Å². The van der Waals surface area contributed by atoms with Gasteiger partial charge in [-0.2, -0.15) is 0 Å². The van der Waals surface area contributed by atoms with Gasteiger partial charge >= 0.3 is 0 Å². The van der Waals surface area contributed by atoms with Gasteiger partial charge in [-0.05, 0) is 31.5 Å². The van der Waals surface area contributed by atoms with Crippen LogP contribution in [0.2, 0.25) is 5.02 Å². The summed E-state index contributed by atoms with van der Waals surface area (Å²) in [5.74, 6) is 0.965. The van der Waals surface area contributed by atoms with Gasteiger partial charge in [-0.25, -0.2) is 0 Å². The van der Waals surface area contributed by atoms with Gasteiger partial charge in [0.25, 0.3) is 0 Å². The van der Waals surface area contributed by atoms with Crippen molar-refractivity contribution in [1.29, 1.82) is 0 Å². The molecule has 0 saturated heterocycles. The van der Waals surface area contributed by atoms with Gasteiger partial charge in [-0.15, -0.1) is 11.8 Å². The first-order chi connectivity index (χ1) is 11.4. The molecule has 0 saturated carbocycles. The van der Waals surface area contributed by atoms with Crippen LogP contribution in [0.3, 0.4) is 0 Å². The summed E-state index contributed by atoms with van der Waals surface area (Å²) in [6.07, 6.45) is 0. The number of anilines is 1. The van der Waals surface area contributed by atoms with E-state index in [9.17, 15) is 9.59 Å². The predicted molar refractivity (Wildman–Crippen MR) is 95.2 cm³/mol. The van der Waals surface area contributed by atoms with Crippen molar-refractivity contribution in [3.63, 3.8) is 0 Å². The number of halogens is 1. The van der Waals surface area contributed by atoms with E-state index < -0.39 is 0 Å². The molecule has 1 atom stereocenters. The second kappa shape index (κ2) is 8.75. The fraction of sp³-hybridized carbons (Fsp3) is 0.312. The van der Waals surface area contributed by atoms with E-state index in [1.165, 1.54) is 11.8 Å². The minimum absolute atomic E-state index is 0.141. The highest BCUT2D eigenvalue weighted by atomic mass is 35.5. The molecule has 2 aromatic rings. The van der Waals surface area contributed by atoms with E-state index in [1.54, 1.807) is 19.1 Å². The topological polar surface area (TPSA) is 84.2 Å². The minimum atomic E-state index is -0.232. The van der Waals surface area contributed by atoms with Gasteiger partial charge in [0.05, 0.1) is 17.5 Å². The summed E-state index contributed by atoms with van der Waals surface area (Å²) < 4.78 is 4.86. The van der Waals surface area contributed by atoms with Crippen molar-refractivity contribution in [1.82, 2.24) is 10.5 Å². The third kappa shape index (κ3) is 5.90. The van der Waals surface area contributed by atoms with Gasteiger partial charge in [-0.3, -0.25) is 9.59 Å². The van der Waals surface area contributed by atoms with Crippen LogP contribution in [-0.4, -0.2) is 28.5 Å². The number of benzene rings is 1. The summed E-state index contributed by atoms with van der Waals surface area (Å²) in [5, 5.41) is 9.77. The molecule has 24 heavy (non-hydrogen) atoms. The summed E-state index contributed by atoms with van der Waals surface area (Å²) in [6.45, 7) is 3.62. The number of rotatable bonds is 7. The zero-order valence-electron chi connectivity index (χ0n) is 13.3. The zero-order chi connectivity index (χ0) is 17.5. The second-order valence-corrected chi connectivity index (χ2v) is 6.63. The number of nitrogens with zero attached hydrogens (tertiary/aromatic N) is 1. The molecule has 0 spiro atoms. The van der Waals surface area contributed by atoms with E-state index in [2.05, 4.69) is 15.8 Å². The van der Waals surface area contributed by atoms with Gasteiger partial charge < -0.3 is 15.2 Å². The lowest BCUT2D eigenvalue weighted by Gasteiger charge is -2.14. The third-order valence-electron chi connectivity index (χ3n) is 3.09. The Bertz CT molecular complexity index is 720. The number of thioether (sulfide) groups is 1. The molecule has 2 rings (SSSR count). The summed E-state index contributed by atoms with van der Waals surface area (Å²) in [4.78, 5) is 23.7. The van der Waals surface area contributed by atoms with E-state index in [-0.39, 0.29) is 29.4 Å². The molecule has 0 aliphatic heterocycles.